The Kier molecular flexibility index (Phi) is 9.47. The van der Waals surface area contributed by atoms with Gasteiger partial charge in [0.15, 0.2) is 0 Å². The summed E-state index contributed by atoms with van der Waals surface area (Å²) in [5.41, 5.74) is 2.96. The number of anilines is 2. The summed E-state index contributed by atoms with van der Waals surface area (Å²) < 4.78 is 15.6. The third-order valence-corrected chi connectivity index (χ3v) is 7.25. The zero-order valence-corrected chi connectivity index (χ0v) is 23.6. The van der Waals surface area contributed by atoms with Gasteiger partial charge in [0.05, 0.1) is 19.8 Å². The molecule has 0 atom stereocenters. The Labute approximate surface area is 237 Å². The number of nitrogens with zero attached hydrogens (tertiary/aromatic N) is 1. The number of amides is 3. The number of nitrogens with one attached hydrogen (secondary N) is 2. The maximum Gasteiger partial charge on any atom is 0.278 e. The quantitative estimate of drug-likeness (QED) is 0.233. The van der Waals surface area contributed by atoms with Crippen LogP contribution in [0.25, 0.3) is 0 Å². The third kappa shape index (κ3) is 6.64. The Balaban J connectivity index is 1.52. The molecule has 0 unspecified atom stereocenters. The molecule has 1 aliphatic rings. The van der Waals surface area contributed by atoms with E-state index in [2.05, 4.69) is 10.6 Å². The maximum atomic E-state index is 13.3. The van der Waals surface area contributed by atoms with Crippen molar-refractivity contribution in [1.29, 1.82) is 0 Å². The van der Waals surface area contributed by atoms with Crippen molar-refractivity contribution in [1.82, 2.24) is 4.90 Å². The molecule has 3 aromatic rings. The Morgan fingerprint density at radius 1 is 0.875 bits per heavy atom. The van der Waals surface area contributed by atoms with Crippen LogP contribution in [0.1, 0.15) is 22.3 Å². The van der Waals surface area contributed by atoms with E-state index in [1.54, 1.807) is 56.7 Å². The van der Waals surface area contributed by atoms with E-state index in [-0.39, 0.29) is 30.0 Å². The number of aryl methyl sites for hydroxylation is 1. The molecule has 3 aromatic carbocycles. The standard InChI is InChI=1S/C30H31N3O6S/c1-19-6-8-20(9-7-19)31-26-27(30(36)33(29(26)35)16-5-17-37-2)40-23-13-10-21(11-14-23)32-28(34)24-15-12-22(38-3)18-25(24)39-4/h6-15,18,31H,5,16-17H2,1-4H3,(H,32,34). The molecular formula is C30H31N3O6S. The predicted molar refractivity (Wildman–Crippen MR) is 155 cm³/mol. The van der Waals surface area contributed by atoms with Gasteiger partial charge in [0, 0.05) is 42.6 Å². The van der Waals surface area contributed by atoms with E-state index in [4.69, 9.17) is 14.2 Å². The fraction of sp³-hybridized carbons (Fsp3) is 0.233. The molecule has 2 N–H and O–H groups in total. The molecule has 0 fully saturated rings. The SMILES string of the molecule is COCCCN1C(=O)C(Nc2ccc(C)cc2)=C(Sc2ccc(NC(=O)c3ccc(OC)cc3OC)cc2)C1=O. The number of benzene rings is 3. The van der Waals surface area contributed by atoms with Crippen LogP contribution in [0.2, 0.25) is 0 Å². The van der Waals surface area contributed by atoms with Gasteiger partial charge in [0.1, 0.15) is 22.1 Å². The van der Waals surface area contributed by atoms with Gasteiger partial charge in [-0.25, -0.2) is 0 Å². The first-order chi connectivity index (χ1) is 19.3. The van der Waals surface area contributed by atoms with Crippen LogP contribution < -0.4 is 20.1 Å². The Bertz CT molecular complexity index is 1420. The number of hydrogen-bond donors (Lipinski definition) is 2. The Hall–Kier alpha value is -4.28. The zero-order valence-electron chi connectivity index (χ0n) is 22.8. The molecule has 10 heteroatoms. The summed E-state index contributed by atoms with van der Waals surface area (Å²) in [6, 6.07) is 19.6. The highest BCUT2D eigenvalue weighted by molar-refractivity contribution is 8.04. The largest absolute Gasteiger partial charge is 0.497 e. The van der Waals surface area contributed by atoms with E-state index >= 15 is 0 Å². The van der Waals surface area contributed by atoms with Gasteiger partial charge >= 0.3 is 0 Å². The van der Waals surface area contributed by atoms with Gasteiger partial charge in [-0.15, -0.1) is 0 Å². The molecule has 0 saturated carbocycles. The van der Waals surface area contributed by atoms with Gasteiger partial charge in [-0.2, -0.15) is 0 Å². The van der Waals surface area contributed by atoms with E-state index in [0.29, 0.717) is 46.4 Å². The number of imide groups is 1. The van der Waals surface area contributed by atoms with Crippen LogP contribution in [0, 0.1) is 6.92 Å². The summed E-state index contributed by atoms with van der Waals surface area (Å²) in [7, 11) is 4.61. The number of carbonyl (C=O) groups is 3. The van der Waals surface area contributed by atoms with Crippen molar-refractivity contribution < 1.29 is 28.6 Å². The maximum absolute atomic E-state index is 13.3. The molecule has 0 spiro atoms. The second-order valence-corrected chi connectivity index (χ2v) is 10.0. The zero-order chi connectivity index (χ0) is 28.6. The van der Waals surface area contributed by atoms with Gasteiger partial charge in [0.2, 0.25) is 0 Å². The lowest BCUT2D eigenvalue weighted by Gasteiger charge is -2.14. The molecule has 40 heavy (non-hydrogen) atoms. The Morgan fingerprint density at radius 2 is 1.57 bits per heavy atom. The first kappa shape index (κ1) is 28.7. The van der Waals surface area contributed by atoms with Gasteiger partial charge in [-0.3, -0.25) is 19.3 Å². The molecule has 0 bridgehead atoms. The minimum absolute atomic E-state index is 0.236. The smallest absolute Gasteiger partial charge is 0.278 e. The van der Waals surface area contributed by atoms with Gasteiger partial charge in [-0.05, 0) is 61.9 Å². The lowest BCUT2D eigenvalue weighted by Crippen LogP contribution is -2.33. The highest BCUT2D eigenvalue weighted by atomic mass is 32.2. The van der Waals surface area contributed by atoms with E-state index in [1.807, 2.05) is 31.2 Å². The molecule has 9 nitrogen and oxygen atoms in total. The number of thioether (sulfide) groups is 1. The summed E-state index contributed by atoms with van der Waals surface area (Å²) in [5.74, 6) is -0.0942. The topological polar surface area (TPSA) is 106 Å². The molecular weight excluding hydrogens is 530 g/mol. The lowest BCUT2D eigenvalue weighted by molar-refractivity contribution is -0.137. The van der Waals surface area contributed by atoms with Crippen molar-refractivity contribution in [2.75, 3.05) is 45.1 Å². The lowest BCUT2D eigenvalue weighted by atomic mass is 10.1. The van der Waals surface area contributed by atoms with Gasteiger partial charge in [0.25, 0.3) is 17.7 Å². The average molecular weight is 562 g/mol. The van der Waals surface area contributed by atoms with Crippen LogP contribution in [0.4, 0.5) is 11.4 Å². The summed E-state index contributed by atoms with van der Waals surface area (Å²) in [4.78, 5) is 41.7. The highest BCUT2D eigenvalue weighted by Gasteiger charge is 2.38. The van der Waals surface area contributed by atoms with Crippen LogP contribution in [-0.2, 0) is 14.3 Å². The molecule has 4 rings (SSSR count). The highest BCUT2D eigenvalue weighted by Crippen LogP contribution is 2.36. The molecule has 0 aliphatic carbocycles. The second kappa shape index (κ2) is 13.2. The minimum atomic E-state index is -0.374. The number of ether oxygens (including phenoxy) is 3. The molecule has 1 aliphatic heterocycles. The van der Waals surface area contributed by atoms with E-state index < -0.39 is 0 Å². The summed E-state index contributed by atoms with van der Waals surface area (Å²) in [6.45, 7) is 2.68. The summed E-state index contributed by atoms with van der Waals surface area (Å²) in [5, 5.41) is 6.01. The molecule has 208 valence electrons. The molecule has 1 heterocycles. The van der Waals surface area contributed by atoms with Gasteiger partial charge in [-0.1, -0.05) is 29.5 Å². The average Bonchev–Trinajstić information content (AvgIpc) is 3.18. The molecule has 3 amide bonds. The first-order valence-corrected chi connectivity index (χ1v) is 13.4. The Morgan fingerprint density at radius 3 is 2.23 bits per heavy atom. The van der Waals surface area contributed by atoms with Crippen LogP contribution in [0.3, 0.4) is 0 Å². The van der Waals surface area contributed by atoms with Crippen LogP contribution >= 0.6 is 11.8 Å². The van der Waals surface area contributed by atoms with Crippen molar-refractivity contribution in [2.45, 2.75) is 18.2 Å². The third-order valence-electron chi connectivity index (χ3n) is 6.16. The number of methoxy groups -OCH3 is 3. The van der Waals surface area contributed by atoms with Crippen LogP contribution in [-0.4, -0.2) is 57.1 Å². The van der Waals surface area contributed by atoms with Crippen molar-refractivity contribution in [3.63, 3.8) is 0 Å². The van der Waals surface area contributed by atoms with Gasteiger partial charge < -0.3 is 24.8 Å². The summed E-state index contributed by atoms with van der Waals surface area (Å²) in [6.07, 6.45) is 0.539. The number of hydrogen-bond acceptors (Lipinski definition) is 8. The van der Waals surface area contributed by atoms with E-state index in [9.17, 15) is 14.4 Å². The van der Waals surface area contributed by atoms with Crippen LogP contribution in [0.5, 0.6) is 11.5 Å². The molecule has 0 aromatic heterocycles. The second-order valence-electron chi connectivity index (χ2n) is 8.95. The predicted octanol–water partition coefficient (Wildman–Crippen LogP) is 5.09. The minimum Gasteiger partial charge on any atom is -0.497 e. The first-order valence-electron chi connectivity index (χ1n) is 12.6. The molecule has 0 saturated heterocycles. The monoisotopic (exact) mass is 561 g/mol. The number of carbonyl (C=O) groups excluding carboxylic acids is 3. The van der Waals surface area contributed by atoms with E-state index in [0.717, 1.165) is 10.5 Å². The van der Waals surface area contributed by atoms with Crippen molar-refractivity contribution in [3.05, 3.63) is 88.5 Å². The molecule has 0 radical (unpaired) electrons. The normalized spacial score (nSPS) is 13.1. The fourth-order valence-corrected chi connectivity index (χ4v) is 4.96. The van der Waals surface area contributed by atoms with Crippen LogP contribution in [0.15, 0.2) is 82.2 Å². The summed E-state index contributed by atoms with van der Waals surface area (Å²) >= 11 is 1.20. The van der Waals surface area contributed by atoms with Crippen molar-refractivity contribution >= 4 is 40.9 Å². The van der Waals surface area contributed by atoms with Crippen molar-refractivity contribution in [3.8, 4) is 11.5 Å². The fourth-order valence-electron chi connectivity index (χ4n) is 4.02. The van der Waals surface area contributed by atoms with E-state index in [1.165, 1.54) is 23.8 Å². The van der Waals surface area contributed by atoms with Crippen molar-refractivity contribution in [2.24, 2.45) is 0 Å². The number of rotatable bonds is 12.